The summed E-state index contributed by atoms with van der Waals surface area (Å²) in [5, 5.41) is 0. The predicted octanol–water partition coefficient (Wildman–Crippen LogP) is 2.48. The van der Waals surface area contributed by atoms with Crippen LogP contribution in [-0.2, 0) is 12.7 Å². The first-order valence-electron chi connectivity index (χ1n) is 6.03. The third-order valence-corrected chi connectivity index (χ3v) is 3.07. The van der Waals surface area contributed by atoms with E-state index in [2.05, 4.69) is 15.0 Å². The molecular formula is C13H10F3N5. The van der Waals surface area contributed by atoms with Gasteiger partial charge in [-0.2, -0.15) is 13.2 Å². The van der Waals surface area contributed by atoms with Crippen LogP contribution in [0.4, 0.5) is 19.1 Å². The number of hydrogen-bond donors (Lipinski definition) is 1. The van der Waals surface area contributed by atoms with Crippen molar-refractivity contribution in [2.75, 3.05) is 5.73 Å². The molecule has 0 radical (unpaired) electrons. The van der Waals surface area contributed by atoms with Crippen molar-refractivity contribution >= 4 is 17.0 Å². The molecule has 0 saturated carbocycles. The van der Waals surface area contributed by atoms with E-state index in [-0.39, 0.29) is 11.5 Å². The Bertz CT molecular complexity index is 780. The van der Waals surface area contributed by atoms with Crippen molar-refractivity contribution in [3.63, 3.8) is 0 Å². The number of benzene rings is 1. The van der Waals surface area contributed by atoms with Gasteiger partial charge in [0.15, 0.2) is 0 Å². The highest BCUT2D eigenvalue weighted by atomic mass is 19.4. The van der Waals surface area contributed by atoms with Crippen molar-refractivity contribution < 1.29 is 13.2 Å². The Hall–Kier alpha value is -2.64. The zero-order valence-corrected chi connectivity index (χ0v) is 10.7. The number of nitrogens with zero attached hydrogens (tertiary/aromatic N) is 4. The molecule has 2 heterocycles. The van der Waals surface area contributed by atoms with Crippen LogP contribution < -0.4 is 5.73 Å². The number of fused-ring (bicyclic) bond motifs is 1. The summed E-state index contributed by atoms with van der Waals surface area (Å²) in [6.07, 6.45) is -1.43. The number of imidazole rings is 1. The minimum Gasteiger partial charge on any atom is -0.369 e. The van der Waals surface area contributed by atoms with E-state index in [1.807, 2.05) is 0 Å². The van der Waals surface area contributed by atoms with E-state index < -0.39 is 11.7 Å². The molecule has 2 N–H and O–H groups in total. The number of rotatable bonds is 2. The highest BCUT2D eigenvalue weighted by Crippen LogP contribution is 2.31. The lowest BCUT2D eigenvalue weighted by Gasteiger charge is -2.07. The fourth-order valence-electron chi connectivity index (χ4n) is 2.06. The molecule has 0 aliphatic carbocycles. The van der Waals surface area contributed by atoms with Gasteiger partial charge in [0, 0.05) is 6.20 Å². The van der Waals surface area contributed by atoms with Crippen molar-refractivity contribution in [3.05, 3.63) is 48.0 Å². The van der Waals surface area contributed by atoms with Gasteiger partial charge >= 0.3 is 6.18 Å². The van der Waals surface area contributed by atoms with E-state index in [1.54, 1.807) is 16.8 Å². The molecule has 0 unspecified atom stereocenters. The van der Waals surface area contributed by atoms with Gasteiger partial charge < -0.3 is 10.3 Å². The van der Waals surface area contributed by atoms with Crippen molar-refractivity contribution in [3.8, 4) is 0 Å². The van der Waals surface area contributed by atoms with Crippen LogP contribution in [0.2, 0.25) is 0 Å². The number of nitrogens with two attached hydrogens (primary N) is 1. The van der Waals surface area contributed by atoms with Gasteiger partial charge in [0.1, 0.15) is 6.33 Å². The Morgan fingerprint density at radius 1 is 1.19 bits per heavy atom. The third-order valence-electron chi connectivity index (χ3n) is 3.07. The SMILES string of the molecule is Nc1nc2cc(C(F)(F)F)ccc2n1Cc1ccncn1. The highest BCUT2D eigenvalue weighted by Gasteiger charge is 2.31. The summed E-state index contributed by atoms with van der Waals surface area (Å²) in [7, 11) is 0. The molecule has 0 amide bonds. The molecule has 0 atom stereocenters. The first-order valence-corrected chi connectivity index (χ1v) is 6.03. The van der Waals surface area contributed by atoms with Crippen LogP contribution >= 0.6 is 0 Å². The fraction of sp³-hybridized carbons (Fsp3) is 0.154. The van der Waals surface area contributed by atoms with Gasteiger partial charge in [0.2, 0.25) is 5.95 Å². The van der Waals surface area contributed by atoms with E-state index in [0.29, 0.717) is 17.8 Å². The van der Waals surface area contributed by atoms with Crippen LogP contribution in [0.1, 0.15) is 11.3 Å². The van der Waals surface area contributed by atoms with Gasteiger partial charge in [-0.1, -0.05) is 0 Å². The minimum atomic E-state index is -4.40. The van der Waals surface area contributed by atoms with Crippen LogP contribution in [0.15, 0.2) is 36.8 Å². The Balaban J connectivity index is 2.06. The molecule has 21 heavy (non-hydrogen) atoms. The lowest BCUT2D eigenvalue weighted by molar-refractivity contribution is -0.137. The van der Waals surface area contributed by atoms with Gasteiger partial charge in [0.25, 0.3) is 0 Å². The number of hydrogen-bond acceptors (Lipinski definition) is 4. The van der Waals surface area contributed by atoms with E-state index in [9.17, 15) is 13.2 Å². The Labute approximate surface area is 117 Å². The molecule has 3 aromatic rings. The Morgan fingerprint density at radius 2 is 2.00 bits per heavy atom. The predicted molar refractivity (Wildman–Crippen MR) is 70.3 cm³/mol. The van der Waals surface area contributed by atoms with Gasteiger partial charge in [-0.25, -0.2) is 15.0 Å². The molecule has 0 fully saturated rings. The van der Waals surface area contributed by atoms with Crippen molar-refractivity contribution in [1.29, 1.82) is 0 Å². The molecule has 0 saturated heterocycles. The monoisotopic (exact) mass is 293 g/mol. The largest absolute Gasteiger partial charge is 0.416 e. The highest BCUT2D eigenvalue weighted by molar-refractivity contribution is 5.79. The van der Waals surface area contributed by atoms with Gasteiger partial charge in [-0.3, -0.25) is 0 Å². The number of halogens is 3. The van der Waals surface area contributed by atoms with Crippen LogP contribution in [0.5, 0.6) is 0 Å². The fourth-order valence-corrected chi connectivity index (χ4v) is 2.06. The van der Waals surface area contributed by atoms with Crippen LogP contribution in [0.3, 0.4) is 0 Å². The van der Waals surface area contributed by atoms with E-state index in [1.165, 1.54) is 12.4 Å². The van der Waals surface area contributed by atoms with Gasteiger partial charge in [-0.15, -0.1) is 0 Å². The average molecular weight is 293 g/mol. The van der Waals surface area contributed by atoms with Crippen molar-refractivity contribution in [1.82, 2.24) is 19.5 Å². The van der Waals surface area contributed by atoms with Crippen molar-refractivity contribution in [2.24, 2.45) is 0 Å². The van der Waals surface area contributed by atoms with E-state index >= 15 is 0 Å². The van der Waals surface area contributed by atoms with Gasteiger partial charge in [0.05, 0.1) is 28.8 Å². The van der Waals surface area contributed by atoms with Crippen LogP contribution in [0.25, 0.3) is 11.0 Å². The lowest BCUT2D eigenvalue weighted by atomic mass is 10.2. The zero-order chi connectivity index (χ0) is 15.0. The topological polar surface area (TPSA) is 69.6 Å². The smallest absolute Gasteiger partial charge is 0.369 e. The summed E-state index contributed by atoms with van der Waals surface area (Å²) < 4.78 is 39.7. The Morgan fingerprint density at radius 3 is 2.67 bits per heavy atom. The van der Waals surface area contributed by atoms with Crippen LogP contribution in [0, 0.1) is 0 Å². The lowest BCUT2D eigenvalue weighted by Crippen LogP contribution is -2.06. The molecule has 0 bridgehead atoms. The summed E-state index contributed by atoms with van der Waals surface area (Å²) in [5.41, 5.74) is 6.46. The molecule has 2 aromatic heterocycles. The molecule has 0 aliphatic heterocycles. The normalized spacial score (nSPS) is 12.0. The van der Waals surface area contributed by atoms with Gasteiger partial charge in [-0.05, 0) is 24.3 Å². The maximum Gasteiger partial charge on any atom is 0.416 e. The molecule has 0 aliphatic rings. The molecular weight excluding hydrogens is 283 g/mol. The first kappa shape index (κ1) is 13.3. The van der Waals surface area contributed by atoms with Crippen molar-refractivity contribution in [2.45, 2.75) is 12.7 Å². The maximum atomic E-state index is 12.7. The minimum absolute atomic E-state index is 0.142. The maximum absolute atomic E-state index is 12.7. The average Bonchev–Trinajstić information content (AvgIpc) is 2.75. The third kappa shape index (κ3) is 2.51. The summed E-state index contributed by atoms with van der Waals surface area (Å²) in [6, 6.07) is 5.07. The standard InChI is InChI=1S/C13H10F3N5/c14-13(15,16)8-1-2-11-10(5-8)20-12(17)21(11)6-9-3-4-18-7-19-9/h1-5,7H,6H2,(H2,17,20). The molecule has 1 aromatic carbocycles. The van der Waals surface area contributed by atoms with E-state index in [0.717, 1.165) is 12.1 Å². The molecule has 108 valence electrons. The second-order valence-corrected chi connectivity index (χ2v) is 4.46. The first-order chi connectivity index (χ1) is 9.95. The Kier molecular flexibility index (Phi) is 3.00. The number of alkyl halides is 3. The number of nitrogen functional groups attached to an aromatic ring is 1. The number of aromatic nitrogens is 4. The quantitative estimate of drug-likeness (QED) is 0.788. The summed E-state index contributed by atoms with van der Waals surface area (Å²) in [4.78, 5) is 11.8. The molecule has 3 rings (SSSR count). The van der Waals surface area contributed by atoms with E-state index in [4.69, 9.17) is 5.73 Å². The molecule has 8 heteroatoms. The molecule has 5 nitrogen and oxygen atoms in total. The summed E-state index contributed by atoms with van der Waals surface area (Å²) in [5.74, 6) is 0.142. The zero-order valence-electron chi connectivity index (χ0n) is 10.7. The summed E-state index contributed by atoms with van der Waals surface area (Å²) >= 11 is 0. The second-order valence-electron chi connectivity index (χ2n) is 4.46. The van der Waals surface area contributed by atoms with Crippen LogP contribution in [-0.4, -0.2) is 19.5 Å². The number of anilines is 1. The molecule has 0 spiro atoms. The second kappa shape index (κ2) is 4.72. The summed E-state index contributed by atoms with van der Waals surface area (Å²) in [6.45, 7) is 0.316.